The molecular weight excluding hydrogens is 210 g/mol. The highest BCUT2D eigenvalue weighted by Crippen LogP contribution is 2.32. The van der Waals surface area contributed by atoms with Gasteiger partial charge in [-0.05, 0) is 18.4 Å². The lowest BCUT2D eigenvalue weighted by molar-refractivity contribution is 0.164. The van der Waals surface area contributed by atoms with Gasteiger partial charge in [0.15, 0.2) is 0 Å². The summed E-state index contributed by atoms with van der Waals surface area (Å²) in [5.74, 6) is 0. The molecule has 0 spiro atoms. The fourth-order valence-corrected chi connectivity index (χ4v) is 2.56. The van der Waals surface area contributed by atoms with Crippen LogP contribution in [0.25, 0.3) is 0 Å². The summed E-state index contributed by atoms with van der Waals surface area (Å²) < 4.78 is 0. The Balaban J connectivity index is 1.95. The lowest BCUT2D eigenvalue weighted by atomic mass is 9.99. The SMILES string of the molecule is CCCCCCC(O)c1cccc2c1NCC2. The van der Waals surface area contributed by atoms with Gasteiger partial charge in [0.25, 0.3) is 0 Å². The normalized spacial score (nSPS) is 15.4. The second kappa shape index (κ2) is 6.06. The van der Waals surface area contributed by atoms with E-state index in [1.54, 1.807) is 0 Å². The molecule has 2 N–H and O–H groups in total. The Labute approximate surface area is 104 Å². The smallest absolute Gasteiger partial charge is 0.0810 e. The minimum absolute atomic E-state index is 0.299. The molecule has 1 aliphatic heterocycles. The Morgan fingerprint density at radius 1 is 1.29 bits per heavy atom. The van der Waals surface area contributed by atoms with Gasteiger partial charge in [0, 0.05) is 17.8 Å². The molecule has 0 fully saturated rings. The maximum absolute atomic E-state index is 10.2. The van der Waals surface area contributed by atoms with Crippen LogP contribution in [0, 0.1) is 0 Å². The van der Waals surface area contributed by atoms with Gasteiger partial charge in [0.05, 0.1) is 6.10 Å². The maximum atomic E-state index is 10.2. The van der Waals surface area contributed by atoms with Crippen molar-refractivity contribution >= 4 is 5.69 Å². The quantitative estimate of drug-likeness (QED) is 0.735. The van der Waals surface area contributed by atoms with Crippen LogP contribution < -0.4 is 5.32 Å². The number of para-hydroxylation sites is 1. The van der Waals surface area contributed by atoms with Gasteiger partial charge in [0.1, 0.15) is 0 Å². The Hall–Kier alpha value is -1.02. The van der Waals surface area contributed by atoms with Crippen molar-refractivity contribution in [2.45, 2.75) is 51.6 Å². The zero-order valence-corrected chi connectivity index (χ0v) is 10.7. The van der Waals surface area contributed by atoms with Crippen LogP contribution in [0.4, 0.5) is 5.69 Å². The molecule has 2 rings (SSSR count). The van der Waals surface area contributed by atoms with Crippen LogP contribution in [-0.2, 0) is 6.42 Å². The lowest BCUT2D eigenvalue weighted by Gasteiger charge is -2.15. The number of unbranched alkanes of at least 4 members (excludes halogenated alkanes) is 3. The summed E-state index contributed by atoms with van der Waals surface area (Å²) >= 11 is 0. The molecule has 0 aliphatic carbocycles. The zero-order valence-electron chi connectivity index (χ0n) is 10.7. The summed E-state index contributed by atoms with van der Waals surface area (Å²) in [6, 6.07) is 6.28. The van der Waals surface area contributed by atoms with Gasteiger partial charge in [-0.1, -0.05) is 50.8 Å². The number of hydrogen-bond donors (Lipinski definition) is 2. The fraction of sp³-hybridized carbons (Fsp3) is 0.600. The van der Waals surface area contributed by atoms with E-state index in [0.29, 0.717) is 0 Å². The van der Waals surface area contributed by atoms with Crippen LogP contribution in [0.5, 0.6) is 0 Å². The van der Waals surface area contributed by atoms with Crippen molar-refractivity contribution in [1.82, 2.24) is 0 Å². The van der Waals surface area contributed by atoms with Gasteiger partial charge >= 0.3 is 0 Å². The summed E-state index contributed by atoms with van der Waals surface area (Å²) in [5.41, 5.74) is 3.64. The number of anilines is 1. The minimum atomic E-state index is -0.299. The Morgan fingerprint density at radius 3 is 3.00 bits per heavy atom. The molecule has 1 heterocycles. The molecule has 1 atom stereocenters. The molecule has 17 heavy (non-hydrogen) atoms. The van der Waals surface area contributed by atoms with E-state index in [1.807, 2.05) is 0 Å². The summed E-state index contributed by atoms with van der Waals surface area (Å²) in [4.78, 5) is 0. The van der Waals surface area contributed by atoms with E-state index in [2.05, 4.69) is 30.4 Å². The number of nitrogens with one attached hydrogen (secondary N) is 1. The highest BCUT2D eigenvalue weighted by molar-refractivity contribution is 5.61. The number of aliphatic hydroxyl groups is 1. The van der Waals surface area contributed by atoms with E-state index in [-0.39, 0.29) is 6.10 Å². The second-order valence-electron chi connectivity index (χ2n) is 4.92. The fourth-order valence-electron chi connectivity index (χ4n) is 2.56. The average molecular weight is 233 g/mol. The third kappa shape index (κ3) is 3.01. The van der Waals surface area contributed by atoms with Gasteiger partial charge in [-0.3, -0.25) is 0 Å². The van der Waals surface area contributed by atoms with Crippen molar-refractivity contribution in [2.24, 2.45) is 0 Å². The lowest BCUT2D eigenvalue weighted by Crippen LogP contribution is -2.02. The Kier molecular flexibility index (Phi) is 4.43. The van der Waals surface area contributed by atoms with Crippen LogP contribution in [0.1, 0.15) is 56.3 Å². The molecule has 1 aromatic carbocycles. The predicted octanol–water partition coefficient (Wildman–Crippen LogP) is 3.66. The average Bonchev–Trinajstić information content (AvgIpc) is 2.82. The molecule has 1 unspecified atom stereocenters. The van der Waals surface area contributed by atoms with E-state index in [0.717, 1.165) is 31.4 Å². The van der Waals surface area contributed by atoms with Gasteiger partial charge in [0.2, 0.25) is 0 Å². The summed E-state index contributed by atoms with van der Waals surface area (Å²) in [6.45, 7) is 3.22. The number of fused-ring (bicyclic) bond motifs is 1. The predicted molar refractivity (Wildman–Crippen MR) is 72.4 cm³/mol. The highest BCUT2D eigenvalue weighted by atomic mass is 16.3. The molecule has 0 saturated heterocycles. The van der Waals surface area contributed by atoms with Crippen molar-refractivity contribution in [3.05, 3.63) is 29.3 Å². The molecule has 1 aliphatic rings. The molecule has 0 saturated carbocycles. The van der Waals surface area contributed by atoms with Crippen molar-refractivity contribution in [3.8, 4) is 0 Å². The number of aliphatic hydroxyl groups excluding tert-OH is 1. The monoisotopic (exact) mass is 233 g/mol. The third-order valence-corrected chi connectivity index (χ3v) is 3.57. The summed E-state index contributed by atoms with van der Waals surface area (Å²) in [5, 5.41) is 13.6. The second-order valence-corrected chi connectivity index (χ2v) is 4.92. The largest absolute Gasteiger partial charge is 0.388 e. The molecule has 0 radical (unpaired) electrons. The first kappa shape index (κ1) is 12.4. The number of hydrogen-bond acceptors (Lipinski definition) is 2. The van der Waals surface area contributed by atoms with Gasteiger partial charge in [-0.15, -0.1) is 0 Å². The molecule has 1 aromatic rings. The first-order valence-corrected chi connectivity index (χ1v) is 6.86. The van der Waals surface area contributed by atoms with Crippen LogP contribution in [0.15, 0.2) is 18.2 Å². The first-order valence-electron chi connectivity index (χ1n) is 6.86. The minimum Gasteiger partial charge on any atom is -0.388 e. The van der Waals surface area contributed by atoms with E-state index < -0.39 is 0 Å². The van der Waals surface area contributed by atoms with Crippen molar-refractivity contribution in [2.75, 3.05) is 11.9 Å². The third-order valence-electron chi connectivity index (χ3n) is 3.57. The van der Waals surface area contributed by atoms with E-state index in [9.17, 15) is 5.11 Å². The van der Waals surface area contributed by atoms with E-state index in [1.165, 1.54) is 30.5 Å². The summed E-state index contributed by atoms with van der Waals surface area (Å²) in [7, 11) is 0. The Bertz CT molecular complexity index is 362. The van der Waals surface area contributed by atoms with Crippen molar-refractivity contribution < 1.29 is 5.11 Å². The van der Waals surface area contributed by atoms with Crippen LogP contribution in [0.2, 0.25) is 0 Å². The van der Waals surface area contributed by atoms with E-state index >= 15 is 0 Å². The topological polar surface area (TPSA) is 32.3 Å². The molecular formula is C15H23NO. The maximum Gasteiger partial charge on any atom is 0.0810 e. The number of benzene rings is 1. The summed E-state index contributed by atoms with van der Waals surface area (Å²) in [6.07, 6.45) is 6.56. The molecule has 0 amide bonds. The zero-order chi connectivity index (χ0) is 12.1. The Morgan fingerprint density at radius 2 is 2.18 bits per heavy atom. The van der Waals surface area contributed by atoms with Gasteiger partial charge in [-0.2, -0.15) is 0 Å². The molecule has 94 valence electrons. The van der Waals surface area contributed by atoms with Crippen molar-refractivity contribution in [3.63, 3.8) is 0 Å². The van der Waals surface area contributed by atoms with Crippen LogP contribution >= 0.6 is 0 Å². The van der Waals surface area contributed by atoms with Crippen LogP contribution in [0.3, 0.4) is 0 Å². The number of rotatable bonds is 6. The van der Waals surface area contributed by atoms with E-state index in [4.69, 9.17) is 0 Å². The molecule has 0 aromatic heterocycles. The first-order chi connectivity index (χ1) is 8.33. The van der Waals surface area contributed by atoms with Crippen molar-refractivity contribution in [1.29, 1.82) is 0 Å². The highest BCUT2D eigenvalue weighted by Gasteiger charge is 2.18. The van der Waals surface area contributed by atoms with Crippen LogP contribution in [-0.4, -0.2) is 11.7 Å². The molecule has 2 heteroatoms. The van der Waals surface area contributed by atoms with Gasteiger partial charge < -0.3 is 10.4 Å². The molecule has 2 nitrogen and oxygen atoms in total. The standard InChI is InChI=1S/C15H23NO/c1-2-3-4-5-9-14(17)13-8-6-7-12-10-11-16-15(12)13/h6-8,14,16-17H,2-5,9-11H2,1H3. The van der Waals surface area contributed by atoms with Gasteiger partial charge in [-0.25, -0.2) is 0 Å². The molecule has 0 bridgehead atoms.